The molecule has 1 fully saturated rings. The van der Waals surface area contributed by atoms with Crippen molar-refractivity contribution in [2.45, 2.75) is 13.3 Å². The molecule has 1 unspecified atom stereocenters. The lowest BCUT2D eigenvalue weighted by atomic mass is 10.1. The van der Waals surface area contributed by atoms with Crippen molar-refractivity contribution in [2.75, 3.05) is 26.7 Å². The topological polar surface area (TPSA) is 77.9 Å². The lowest BCUT2D eigenvalue weighted by Gasteiger charge is -2.35. The van der Waals surface area contributed by atoms with E-state index in [2.05, 4.69) is 0 Å². The van der Waals surface area contributed by atoms with Crippen LogP contribution in [-0.4, -0.2) is 54.8 Å². The number of carboxylic acids is 1. The van der Waals surface area contributed by atoms with E-state index in [1.54, 1.807) is 0 Å². The van der Waals surface area contributed by atoms with E-state index in [-0.39, 0.29) is 13.1 Å². The molecule has 15 heavy (non-hydrogen) atoms. The van der Waals surface area contributed by atoms with Crippen LogP contribution >= 0.6 is 0 Å². The second-order valence-electron chi connectivity index (χ2n) is 3.68. The third kappa shape index (κ3) is 2.47. The van der Waals surface area contributed by atoms with E-state index in [1.807, 2.05) is 6.92 Å². The zero-order chi connectivity index (χ0) is 11.6. The smallest absolute Gasteiger partial charge is 0.309 e. The molecule has 88 valence electrons. The summed E-state index contributed by atoms with van der Waals surface area (Å²) in [7, 11) is -2.02. The van der Waals surface area contributed by atoms with Gasteiger partial charge in [0.1, 0.15) is 0 Å². The second kappa shape index (κ2) is 4.46. The lowest BCUT2D eigenvalue weighted by Crippen LogP contribution is -2.54. The van der Waals surface area contributed by atoms with Gasteiger partial charge in [0, 0.05) is 26.7 Å². The predicted octanol–water partition coefficient (Wildman–Crippen LogP) is -0.411. The fourth-order valence-corrected chi connectivity index (χ4v) is 3.16. The summed E-state index contributed by atoms with van der Waals surface area (Å²) in [5.41, 5.74) is 0. The molecule has 7 heteroatoms. The van der Waals surface area contributed by atoms with Crippen LogP contribution in [0.1, 0.15) is 13.3 Å². The van der Waals surface area contributed by atoms with Gasteiger partial charge in [0.15, 0.2) is 0 Å². The molecule has 0 amide bonds. The van der Waals surface area contributed by atoms with Gasteiger partial charge in [-0.15, -0.1) is 0 Å². The van der Waals surface area contributed by atoms with Crippen LogP contribution in [0.3, 0.4) is 0 Å². The summed E-state index contributed by atoms with van der Waals surface area (Å²) in [6.45, 7) is 2.37. The maximum absolute atomic E-state index is 11.7. The average molecular weight is 236 g/mol. The van der Waals surface area contributed by atoms with Crippen LogP contribution in [0.4, 0.5) is 0 Å². The number of carbonyl (C=O) groups is 1. The van der Waals surface area contributed by atoms with Gasteiger partial charge in [0.2, 0.25) is 0 Å². The summed E-state index contributed by atoms with van der Waals surface area (Å²) < 4.78 is 25.8. The van der Waals surface area contributed by atoms with Crippen LogP contribution < -0.4 is 0 Å². The Morgan fingerprint density at radius 1 is 1.47 bits per heavy atom. The van der Waals surface area contributed by atoms with Gasteiger partial charge in [-0.05, 0) is 6.42 Å². The fraction of sp³-hybridized carbons (Fsp3) is 0.875. The van der Waals surface area contributed by atoms with Gasteiger partial charge in [0.05, 0.1) is 5.92 Å². The van der Waals surface area contributed by atoms with Crippen molar-refractivity contribution < 1.29 is 18.3 Å². The predicted molar refractivity (Wildman–Crippen MR) is 54.5 cm³/mol. The van der Waals surface area contributed by atoms with E-state index < -0.39 is 22.1 Å². The molecule has 1 atom stereocenters. The van der Waals surface area contributed by atoms with Crippen molar-refractivity contribution in [1.29, 1.82) is 0 Å². The molecule has 1 saturated heterocycles. The Labute approximate surface area is 89.7 Å². The van der Waals surface area contributed by atoms with Crippen molar-refractivity contribution in [1.82, 2.24) is 8.61 Å². The molecule has 0 aliphatic carbocycles. The van der Waals surface area contributed by atoms with Crippen LogP contribution in [0.15, 0.2) is 0 Å². The van der Waals surface area contributed by atoms with Gasteiger partial charge >= 0.3 is 5.97 Å². The molecular formula is C8H16N2O4S. The number of carboxylic acid groups (broad SMARTS) is 1. The van der Waals surface area contributed by atoms with E-state index >= 15 is 0 Å². The van der Waals surface area contributed by atoms with E-state index in [4.69, 9.17) is 5.11 Å². The number of hydrogen-bond donors (Lipinski definition) is 1. The van der Waals surface area contributed by atoms with Gasteiger partial charge in [-0.2, -0.15) is 17.0 Å². The van der Waals surface area contributed by atoms with E-state index in [0.717, 1.165) is 4.31 Å². The Morgan fingerprint density at radius 2 is 2.07 bits per heavy atom. The van der Waals surface area contributed by atoms with Gasteiger partial charge in [-0.25, -0.2) is 0 Å². The first-order valence-corrected chi connectivity index (χ1v) is 6.23. The van der Waals surface area contributed by atoms with Gasteiger partial charge in [-0.3, -0.25) is 4.79 Å². The molecule has 0 radical (unpaired) electrons. The van der Waals surface area contributed by atoms with Crippen molar-refractivity contribution >= 4 is 16.2 Å². The normalized spacial score (nSPS) is 27.7. The molecular weight excluding hydrogens is 220 g/mol. The minimum absolute atomic E-state index is 0.0535. The zero-order valence-corrected chi connectivity index (χ0v) is 9.70. The van der Waals surface area contributed by atoms with E-state index in [0.29, 0.717) is 13.0 Å². The quantitative estimate of drug-likeness (QED) is 0.722. The Balaban J connectivity index is 2.87. The number of rotatable bonds is 3. The van der Waals surface area contributed by atoms with Gasteiger partial charge < -0.3 is 5.11 Å². The average Bonchev–Trinajstić information content (AvgIpc) is 2.13. The summed E-state index contributed by atoms with van der Waals surface area (Å²) >= 11 is 0. The number of aliphatic carboxylic acids is 1. The molecule has 0 saturated carbocycles. The minimum Gasteiger partial charge on any atom is -0.481 e. The minimum atomic E-state index is -3.43. The molecule has 0 bridgehead atoms. The van der Waals surface area contributed by atoms with Crippen molar-refractivity contribution in [3.8, 4) is 0 Å². The SMILES string of the molecule is CCCN1CC(C(=O)O)CN(C)S1(=O)=O. The molecule has 1 aliphatic rings. The maximum Gasteiger partial charge on any atom is 0.309 e. The maximum atomic E-state index is 11.7. The van der Waals surface area contributed by atoms with Crippen LogP contribution in [0.5, 0.6) is 0 Å². The molecule has 1 aliphatic heterocycles. The van der Waals surface area contributed by atoms with Crippen LogP contribution in [0.2, 0.25) is 0 Å². The Morgan fingerprint density at radius 3 is 2.53 bits per heavy atom. The Bertz CT molecular complexity index is 341. The highest BCUT2D eigenvalue weighted by molar-refractivity contribution is 7.86. The third-order valence-corrected chi connectivity index (χ3v) is 4.36. The first-order chi connectivity index (χ1) is 6.89. The Hall–Kier alpha value is -0.660. The van der Waals surface area contributed by atoms with Gasteiger partial charge in [-0.1, -0.05) is 6.92 Å². The van der Waals surface area contributed by atoms with Gasteiger partial charge in [0.25, 0.3) is 10.2 Å². The van der Waals surface area contributed by atoms with Crippen LogP contribution in [0.25, 0.3) is 0 Å². The standard InChI is InChI=1S/C8H16N2O4S/c1-3-4-10-6-7(8(11)12)5-9(2)15(10,13)14/h7H,3-6H2,1-2H3,(H,11,12). The van der Waals surface area contributed by atoms with Crippen LogP contribution in [-0.2, 0) is 15.0 Å². The molecule has 0 aromatic rings. The van der Waals surface area contributed by atoms with Crippen molar-refractivity contribution in [2.24, 2.45) is 5.92 Å². The summed E-state index contributed by atoms with van der Waals surface area (Å²) in [6.07, 6.45) is 0.680. The lowest BCUT2D eigenvalue weighted by molar-refractivity contribution is -0.142. The highest BCUT2D eigenvalue weighted by Gasteiger charge is 2.38. The zero-order valence-electron chi connectivity index (χ0n) is 8.88. The van der Waals surface area contributed by atoms with Crippen molar-refractivity contribution in [3.63, 3.8) is 0 Å². The Kier molecular flexibility index (Phi) is 3.69. The van der Waals surface area contributed by atoms with E-state index in [1.165, 1.54) is 11.4 Å². The molecule has 1 N–H and O–H groups in total. The molecule has 6 nitrogen and oxygen atoms in total. The molecule has 0 spiro atoms. The molecule has 0 aromatic heterocycles. The molecule has 1 heterocycles. The van der Waals surface area contributed by atoms with Crippen molar-refractivity contribution in [3.05, 3.63) is 0 Å². The summed E-state index contributed by atoms with van der Waals surface area (Å²) in [6, 6.07) is 0. The number of nitrogens with zero attached hydrogens (tertiary/aromatic N) is 2. The first kappa shape index (κ1) is 12.4. The summed E-state index contributed by atoms with van der Waals surface area (Å²) in [5, 5.41) is 8.86. The summed E-state index contributed by atoms with van der Waals surface area (Å²) in [4.78, 5) is 10.8. The van der Waals surface area contributed by atoms with E-state index in [9.17, 15) is 13.2 Å². The highest BCUT2D eigenvalue weighted by Crippen LogP contribution is 2.18. The molecule has 0 aromatic carbocycles. The fourth-order valence-electron chi connectivity index (χ4n) is 1.61. The third-order valence-electron chi connectivity index (χ3n) is 2.44. The molecule has 1 rings (SSSR count). The monoisotopic (exact) mass is 236 g/mol. The largest absolute Gasteiger partial charge is 0.481 e. The second-order valence-corrected chi connectivity index (χ2v) is 5.72. The number of hydrogen-bond acceptors (Lipinski definition) is 3. The first-order valence-electron chi connectivity index (χ1n) is 4.83. The summed E-state index contributed by atoms with van der Waals surface area (Å²) in [5.74, 6) is -1.58. The van der Waals surface area contributed by atoms with Crippen LogP contribution in [0, 0.1) is 5.92 Å². The highest BCUT2D eigenvalue weighted by atomic mass is 32.2.